The number of ether oxygens (including phenoxy) is 1. The number of hydrogen-bond acceptors (Lipinski definition) is 4. The summed E-state index contributed by atoms with van der Waals surface area (Å²) in [6.45, 7) is 5.56. The zero-order chi connectivity index (χ0) is 14.2. The Hall–Kier alpha value is -1.13. The molecule has 106 valence electrons. The predicted octanol–water partition coefficient (Wildman–Crippen LogP) is 1.57. The molecule has 0 aromatic heterocycles. The Bertz CT molecular complexity index is 424. The van der Waals surface area contributed by atoms with Crippen molar-refractivity contribution in [2.75, 3.05) is 0 Å². The maximum atomic E-state index is 11.7. The number of esters is 1. The van der Waals surface area contributed by atoms with Gasteiger partial charge in [0.15, 0.2) is 0 Å². The molecule has 0 aromatic rings. The first-order valence-corrected chi connectivity index (χ1v) is 6.82. The van der Waals surface area contributed by atoms with Crippen LogP contribution in [-0.2, 0) is 9.53 Å². The van der Waals surface area contributed by atoms with Crippen molar-refractivity contribution in [1.29, 1.82) is 0 Å². The first-order valence-electron chi connectivity index (χ1n) is 6.82. The number of carbonyl (C=O) groups excluding carboxylic acids is 1. The van der Waals surface area contributed by atoms with Crippen molar-refractivity contribution in [3.8, 4) is 0 Å². The van der Waals surface area contributed by atoms with E-state index in [0.29, 0.717) is 6.42 Å². The smallest absolute Gasteiger partial charge is 0.309 e. The van der Waals surface area contributed by atoms with Gasteiger partial charge in [-0.15, -0.1) is 0 Å². The Labute approximate surface area is 113 Å². The molecule has 0 aromatic carbocycles. The predicted molar refractivity (Wildman–Crippen MR) is 71.3 cm³/mol. The van der Waals surface area contributed by atoms with Gasteiger partial charge in [0.05, 0.1) is 18.1 Å². The quantitative estimate of drug-likeness (QED) is 0.516. The highest BCUT2D eigenvalue weighted by Gasteiger charge is 2.44. The van der Waals surface area contributed by atoms with Gasteiger partial charge in [-0.1, -0.05) is 18.6 Å². The van der Waals surface area contributed by atoms with Gasteiger partial charge in [0.1, 0.15) is 6.10 Å². The molecule has 0 bridgehead atoms. The molecule has 0 spiro atoms. The third-order valence-electron chi connectivity index (χ3n) is 4.20. The third kappa shape index (κ3) is 2.90. The summed E-state index contributed by atoms with van der Waals surface area (Å²) in [5, 5.41) is 20.3. The minimum atomic E-state index is -0.689. The summed E-state index contributed by atoms with van der Waals surface area (Å²) in [5.41, 5.74) is 1.84. The second-order valence-electron chi connectivity index (χ2n) is 5.74. The molecule has 2 aliphatic rings. The Morgan fingerprint density at radius 3 is 2.63 bits per heavy atom. The molecule has 19 heavy (non-hydrogen) atoms. The van der Waals surface area contributed by atoms with Crippen molar-refractivity contribution in [1.82, 2.24) is 0 Å². The van der Waals surface area contributed by atoms with Gasteiger partial charge in [0.25, 0.3) is 0 Å². The van der Waals surface area contributed by atoms with E-state index in [4.69, 9.17) is 4.74 Å². The first-order chi connectivity index (χ1) is 8.90. The van der Waals surface area contributed by atoms with Crippen LogP contribution in [0.4, 0.5) is 0 Å². The minimum absolute atomic E-state index is 0.275. The van der Waals surface area contributed by atoms with Crippen LogP contribution in [0.25, 0.3) is 0 Å². The molecule has 1 fully saturated rings. The molecular weight excluding hydrogens is 244 g/mol. The van der Waals surface area contributed by atoms with Crippen LogP contribution >= 0.6 is 0 Å². The van der Waals surface area contributed by atoms with E-state index in [9.17, 15) is 15.0 Å². The Balaban J connectivity index is 2.36. The van der Waals surface area contributed by atoms with Crippen molar-refractivity contribution in [2.45, 2.75) is 51.9 Å². The van der Waals surface area contributed by atoms with Gasteiger partial charge in [0, 0.05) is 5.92 Å². The van der Waals surface area contributed by atoms with Crippen LogP contribution in [0.3, 0.4) is 0 Å². The summed E-state index contributed by atoms with van der Waals surface area (Å²) in [7, 11) is 0. The first kappa shape index (κ1) is 14.3. The summed E-state index contributed by atoms with van der Waals surface area (Å²) in [6.07, 6.45) is 3.28. The van der Waals surface area contributed by atoms with Crippen LogP contribution < -0.4 is 0 Å². The van der Waals surface area contributed by atoms with Crippen molar-refractivity contribution in [2.24, 2.45) is 11.8 Å². The number of fused-ring (bicyclic) bond motifs is 1. The highest BCUT2D eigenvalue weighted by atomic mass is 16.6. The Morgan fingerprint density at radius 1 is 1.26 bits per heavy atom. The largest absolute Gasteiger partial charge is 0.457 e. The van der Waals surface area contributed by atoms with E-state index in [-0.39, 0.29) is 17.8 Å². The lowest BCUT2D eigenvalue weighted by Gasteiger charge is -2.24. The number of rotatable bonds is 0. The topological polar surface area (TPSA) is 66.8 Å². The van der Waals surface area contributed by atoms with Crippen LogP contribution in [0.2, 0.25) is 0 Å². The highest BCUT2D eigenvalue weighted by Crippen LogP contribution is 2.34. The van der Waals surface area contributed by atoms with Gasteiger partial charge < -0.3 is 14.9 Å². The van der Waals surface area contributed by atoms with Gasteiger partial charge in [-0.3, -0.25) is 4.79 Å². The van der Waals surface area contributed by atoms with Gasteiger partial charge in [-0.25, -0.2) is 0 Å². The van der Waals surface area contributed by atoms with E-state index in [0.717, 1.165) is 17.6 Å². The van der Waals surface area contributed by atoms with Crippen molar-refractivity contribution in [3.63, 3.8) is 0 Å². The number of hydrogen-bond donors (Lipinski definition) is 2. The maximum absolute atomic E-state index is 11.7. The number of aliphatic hydroxyl groups is 2. The Morgan fingerprint density at radius 2 is 1.95 bits per heavy atom. The van der Waals surface area contributed by atoms with Gasteiger partial charge in [-0.2, -0.15) is 0 Å². The van der Waals surface area contributed by atoms with Crippen LogP contribution in [0.5, 0.6) is 0 Å². The summed E-state index contributed by atoms with van der Waals surface area (Å²) in [4.78, 5) is 11.7. The van der Waals surface area contributed by atoms with E-state index < -0.39 is 18.3 Å². The fraction of sp³-hybridized carbons (Fsp3) is 0.667. The van der Waals surface area contributed by atoms with E-state index in [2.05, 4.69) is 0 Å². The number of carbonyl (C=O) groups is 1. The average Bonchev–Trinajstić information content (AvgIpc) is 2.60. The van der Waals surface area contributed by atoms with Gasteiger partial charge in [0.2, 0.25) is 0 Å². The van der Waals surface area contributed by atoms with E-state index in [1.807, 2.05) is 13.8 Å². The normalized spacial score (nSPS) is 40.1. The molecular formula is C15H22O4. The second kappa shape index (κ2) is 5.47. The standard InChI is InChI=1S/C15H22O4/c1-8-4-5-11(16)9(2)7-13-14(12(17)6-8)10(3)15(18)19-13/h6-7,10-14,16-17H,4-5H2,1-3H3. The molecule has 1 saturated heterocycles. The zero-order valence-corrected chi connectivity index (χ0v) is 11.7. The van der Waals surface area contributed by atoms with Crippen LogP contribution in [0.15, 0.2) is 23.3 Å². The zero-order valence-electron chi connectivity index (χ0n) is 11.7. The molecule has 2 rings (SSSR count). The monoisotopic (exact) mass is 266 g/mol. The number of aliphatic hydroxyl groups excluding tert-OH is 2. The average molecular weight is 266 g/mol. The molecule has 2 N–H and O–H groups in total. The molecule has 5 unspecified atom stereocenters. The van der Waals surface area contributed by atoms with Crippen LogP contribution in [0, 0.1) is 11.8 Å². The molecule has 1 aliphatic heterocycles. The lowest BCUT2D eigenvalue weighted by Crippen LogP contribution is -2.31. The third-order valence-corrected chi connectivity index (χ3v) is 4.20. The molecule has 4 heteroatoms. The van der Waals surface area contributed by atoms with Crippen LogP contribution in [-0.4, -0.2) is 34.5 Å². The minimum Gasteiger partial charge on any atom is -0.457 e. The van der Waals surface area contributed by atoms with Crippen molar-refractivity contribution >= 4 is 5.97 Å². The lowest BCUT2D eigenvalue weighted by atomic mass is 9.83. The molecule has 0 radical (unpaired) electrons. The second-order valence-corrected chi connectivity index (χ2v) is 5.74. The molecule has 0 amide bonds. The summed E-state index contributed by atoms with van der Waals surface area (Å²) >= 11 is 0. The van der Waals surface area contributed by atoms with E-state index in [1.54, 1.807) is 19.1 Å². The van der Waals surface area contributed by atoms with Crippen LogP contribution in [0.1, 0.15) is 33.6 Å². The fourth-order valence-corrected chi connectivity index (χ4v) is 2.85. The lowest BCUT2D eigenvalue weighted by molar-refractivity contribution is -0.142. The number of allylic oxidation sites excluding steroid dienone is 1. The summed E-state index contributed by atoms with van der Waals surface area (Å²) < 4.78 is 5.32. The van der Waals surface area contributed by atoms with Gasteiger partial charge >= 0.3 is 5.97 Å². The Kier molecular flexibility index (Phi) is 4.11. The molecule has 0 saturated carbocycles. The van der Waals surface area contributed by atoms with Crippen molar-refractivity contribution < 1.29 is 19.7 Å². The van der Waals surface area contributed by atoms with Crippen molar-refractivity contribution in [3.05, 3.63) is 23.3 Å². The molecule has 5 atom stereocenters. The molecule has 4 nitrogen and oxygen atoms in total. The summed E-state index contributed by atoms with van der Waals surface area (Å²) in [6, 6.07) is 0. The SMILES string of the molecule is CC1=CC(O)C2C(C=C(C)C(O)CC1)OC(=O)C2C. The molecule has 1 aliphatic carbocycles. The highest BCUT2D eigenvalue weighted by molar-refractivity contribution is 5.75. The maximum Gasteiger partial charge on any atom is 0.309 e. The summed E-state index contributed by atoms with van der Waals surface area (Å²) in [5.74, 6) is -0.884. The van der Waals surface area contributed by atoms with E-state index >= 15 is 0 Å². The van der Waals surface area contributed by atoms with Gasteiger partial charge in [-0.05, 0) is 38.3 Å². The van der Waals surface area contributed by atoms with E-state index in [1.165, 1.54) is 0 Å². The molecule has 1 heterocycles. The fourth-order valence-electron chi connectivity index (χ4n) is 2.85.